The largest absolute Gasteiger partial charge is 0.444 e. The number of carbonyl (C=O) groups is 2. The lowest BCUT2D eigenvalue weighted by molar-refractivity contribution is 0.0218. The smallest absolute Gasteiger partial charge is 0.410 e. The Morgan fingerprint density at radius 2 is 1.56 bits per heavy atom. The topological polar surface area (TPSA) is 125 Å². The zero-order chi connectivity index (χ0) is 34.1. The summed E-state index contributed by atoms with van der Waals surface area (Å²) in [4.78, 5) is 42.8. The van der Waals surface area contributed by atoms with Crippen molar-refractivity contribution in [2.24, 2.45) is 0 Å². The molecular formula is C38H46N6O4. The van der Waals surface area contributed by atoms with Crippen LogP contribution >= 0.6 is 0 Å². The Balaban J connectivity index is 1.10. The maximum atomic E-state index is 12.8. The van der Waals surface area contributed by atoms with Gasteiger partial charge in [0.05, 0.1) is 29.0 Å². The van der Waals surface area contributed by atoms with Crippen molar-refractivity contribution >= 4 is 34.0 Å². The molecule has 10 heteroatoms. The van der Waals surface area contributed by atoms with Gasteiger partial charge in [0.25, 0.3) is 0 Å². The van der Waals surface area contributed by atoms with Crippen molar-refractivity contribution < 1.29 is 19.1 Å². The molecule has 0 radical (unpaired) electrons. The Bertz CT molecular complexity index is 1930. The molecule has 1 unspecified atom stereocenters. The number of H-pyrrole nitrogens is 2. The van der Waals surface area contributed by atoms with E-state index in [0.717, 1.165) is 87.9 Å². The molecule has 0 aliphatic carbocycles. The van der Waals surface area contributed by atoms with E-state index in [1.165, 1.54) is 0 Å². The Labute approximate surface area is 281 Å². The number of rotatable bonds is 8. The van der Waals surface area contributed by atoms with Crippen molar-refractivity contribution in [1.82, 2.24) is 30.2 Å². The van der Waals surface area contributed by atoms with Crippen molar-refractivity contribution in [2.45, 2.75) is 90.9 Å². The van der Waals surface area contributed by atoms with Gasteiger partial charge < -0.3 is 24.8 Å². The minimum absolute atomic E-state index is 0.118. The van der Waals surface area contributed by atoms with Gasteiger partial charge in [0.15, 0.2) is 0 Å². The number of benzene rings is 3. The molecule has 0 bridgehead atoms. The van der Waals surface area contributed by atoms with Gasteiger partial charge >= 0.3 is 12.2 Å². The second kappa shape index (κ2) is 13.3. The van der Waals surface area contributed by atoms with E-state index in [1.54, 1.807) is 4.90 Å². The van der Waals surface area contributed by atoms with Crippen LogP contribution in [0.3, 0.4) is 0 Å². The molecule has 1 atom stereocenters. The van der Waals surface area contributed by atoms with E-state index in [2.05, 4.69) is 74.9 Å². The predicted octanol–water partition coefficient (Wildman–Crippen LogP) is 8.69. The first-order valence-electron chi connectivity index (χ1n) is 16.9. The van der Waals surface area contributed by atoms with Gasteiger partial charge in [-0.05, 0) is 113 Å². The number of aryl methyl sites for hydroxylation is 1. The number of carbonyl (C=O) groups excluding carboxylic acids is 2. The maximum Gasteiger partial charge on any atom is 0.410 e. The van der Waals surface area contributed by atoms with Crippen molar-refractivity contribution in [3.05, 3.63) is 72.4 Å². The van der Waals surface area contributed by atoms with Gasteiger partial charge in [-0.25, -0.2) is 19.6 Å². The van der Waals surface area contributed by atoms with E-state index in [0.29, 0.717) is 13.1 Å². The Morgan fingerprint density at radius 1 is 0.875 bits per heavy atom. The number of aromatic nitrogens is 4. The van der Waals surface area contributed by atoms with Gasteiger partial charge in [-0.3, -0.25) is 4.90 Å². The van der Waals surface area contributed by atoms with Crippen LogP contribution in [0.5, 0.6) is 0 Å². The van der Waals surface area contributed by atoms with Crippen molar-refractivity contribution in [1.29, 1.82) is 0 Å². The van der Waals surface area contributed by atoms with E-state index in [9.17, 15) is 9.59 Å². The van der Waals surface area contributed by atoms with Crippen LogP contribution in [0.2, 0.25) is 0 Å². The van der Waals surface area contributed by atoms with Crippen molar-refractivity contribution in [2.75, 3.05) is 13.1 Å². The van der Waals surface area contributed by atoms with Crippen molar-refractivity contribution in [3.63, 3.8) is 0 Å². The highest BCUT2D eigenvalue weighted by molar-refractivity contribution is 5.91. The van der Waals surface area contributed by atoms with Gasteiger partial charge in [0.1, 0.15) is 22.9 Å². The molecule has 3 aromatic carbocycles. The Kier molecular flexibility index (Phi) is 9.18. The monoisotopic (exact) mass is 650 g/mol. The molecule has 5 aromatic rings. The number of imidazole rings is 2. The number of fused-ring (bicyclic) bond motifs is 2. The number of nitrogens with one attached hydrogen (secondary N) is 3. The second-order valence-corrected chi connectivity index (χ2v) is 14.6. The molecule has 0 saturated carbocycles. The van der Waals surface area contributed by atoms with Crippen LogP contribution in [0.1, 0.15) is 84.9 Å². The van der Waals surface area contributed by atoms with E-state index in [1.807, 2.05) is 47.7 Å². The minimum atomic E-state index is -0.537. The molecule has 2 amide bonds. The van der Waals surface area contributed by atoms with Gasteiger partial charge in [-0.1, -0.05) is 30.3 Å². The van der Waals surface area contributed by atoms with Crippen LogP contribution in [0, 0.1) is 0 Å². The summed E-state index contributed by atoms with van der Waals surface area (Å²) in [5, 5.41) is 5.09. The Morgan fingerprint density at radius 3 is 2.31 bits per heavy atom. The summed E-state index contributed by atoms with van der Waals surface area (Å²) in [6.07, 6.45) is 5.50. The lowest BCUT2D eigenvalue weighted by Crippen LogP contribution is -2.36. The lowest BCUT2D eigenvalue weighted by atomic mass is 9.99. The number of ether oxygens (including phenoxy) is 2. The third-order valence-corrected chi connectivity index (χ3v) is 8.32. The molecule has 1 aliphatic rings. The molecule has 3 heterocycles. The molecule has 2 aromatic heterocycles. The minimum Gasteiger partial charge on any atom is -0.444 e. The van der Waals surface area contributed by atoms with Gasteiger partial charge in [-0.2, -0.15) is 0 Å². The highest BCUT2D eigenvalue weighted by Crippen LogP contribution is 2.34. The highest BCUT2D eigenvalue weighted by Gasteiger charge is 2.34. The summed E-state index contributed by atoms with van der Waals surface area (Å²) in [7, 11) is 0. The summed E-state index contributed by atoms with van der Waals surface area (Å²) < 4.78 is 10.9. The van der Waals surface area contributed by atoms with Crippen LogP contribution < -0.4 is 5.32 Å². The van der Waals surface area contributed by atoms with Crippen LogP contribution in [-0.2, 0) is 15.9 Å². The SMILES string of the molecule is CC(C)(C)OC(=O)NCCCCc1nc2ccc(-c3ccc4cc(-c5cnc(C6CCCN6C(=O)OC(C)(C)C)[nH]5)ccc4c3)cc2[nH]1. The standard InChI is InChI=1S/C38H46N6O4/c1-37(2,3)47-35(45)39-18-8-7-11-33-41-29-17-16-27(22-30(29)42-33)25-12-13-26-21-28(15-14-24(26)20-25)31-23-40-34(43-31)32-10-9-19-44(32)36(46)48-38(4,5)6/h12-17,20-23,32H,7-11,18-19H2,1-6H3,(H,39,45)(H,40,43)(H,41,42). The molecule has 0 spiro atoms. The van der Waals surface area contributed by atoms with Crippen LogP contribution in [0.4, 0.5) is 9.59 Å². The predicted molar refractivity (Wildman–Crippen MR) is 189 cm³/mol. The van der Waals surface area contributed by atoms with Crippen molar-refractivity contribution in [3.8, 4) is 22.4 Å². The number of amides is 2. The number of nitrogens with zero attached hydrogens (tertiary/aromatic N) is 3. The molecule has 1 fully saturated rings. The molecular weight excluding hydrogens is 604 g/mol. The first-order valence-corrected chi connectivity index (χ1v) is 16.9. The molecule has 1 aliphatic heterocycles. The number of unbranched alkanes of at least 4 members (excludes halogenated alkanes) is 1. The third-order valence-electron chi connectivity index (χ3n) is 8.32. The average Bonchev–Trinajstić information content (AvgIpc) is 3.78. The van der Waals surface area contributed by atoms with E-state index in [4.69, 9.17) is 14.5 Å². The van der Waals surface area contributed by atoms with Gasteiger partial charge in [-0.15, -0.1) is 0 Å². The number of hydrogen-bond donors (Lipinski definition) is 3. The highest BCUT2D eigenvalue weighted by atomic mass is 16.6. The molecule has 252 valence electrons. The normalized spacial score (nSPS) is 15.3. The molecule has 1 saturated heterocycles. The second-order valence-electron chi connectivity index (χ2n) is 14.6. The fraction of sp³-hybridized carbons (Fsp3) is 0.421. The average molecular weight is 651 g/mol. The Hall–Kier alpha value is -4.86. The summed E-state index contributed by atoms with van der Waals surface area (Å²) in [6, 6.07) is 19.1. The summed E-state index contributed by atoms with van der Waals surface area (Å²) in [6.45, 7) is 12.5. The van der Waals surface area contributed by atoms with E-state index < -0.39 is 11.2 Å². The lowest BCUT2D eigenvalue weighted by Gasteiger charge is -2.27. The maximum absolute atomic E-state index is 12.8. The fourth-order valence-electron chi connectivity index (χ4n) is 6.12. The van der Waals surface area contributed by atoms with Gasteiger partial charge in [0.2, 0.25) is 0 Å². The fourth-order valence-corrected chi connectivity index (χ4v) is 6.12. The number of likely N-dealkylation sites (tertiary alicyclic amines) is 1. The zero-order valence-electron chi connectivity index (χ0n) is 28.8. The molecule has 10 nitrogen and oxygen atoms in total. The quantitative estimate of drug-likeness (QED) is 0.144. The van der Waals surface area contributed by atoms with Crippen LogP contribution in [-0.4, -0.2) is 61.3 Å². The van der Waals surface area contributed by atoms with Gasteiger partial charge in [0, 0.05) is 25.1 Å². The zero-order valence-corrected chi connectivity index (χ0v) is 28.8. The molecule has 48 heavy (non-hydrogen) atoms. The summed E-state index contributed by atoms with van der Waals surface area (Å²) in [5.41, 5.74) is 5.14. The van der Waals surface area contributed by atoms with Crippen LogP contribution in [0.25, 0.3) is 44.2 Å². The molecule has 3 N–H and O–H groups in total. The van der Waals surface area contributed by atoms with Crippen LogP contribution in [0.15, 0.2) is 60.8 Å². The van der Waals surface area contributed by atoms with E-state index >= 15 is 0 Å². The first kappa shape index (κ1) is 33.1. The van der Waals surface area contributed by atoms with E-state index in [-0.39, 0.29) is 18.2 Å². The molecule has 6 rings (SSSR count). The first-order chi connectivity index (χ1) is 22.8. The number of alkyl carbamates (subject to hydrolysis) is 1. The number of hydrogen-bond acceptors (Lipinski definition) is 6. The third kappa shape index (κ3) is 7.98. The summed E-state index contributed by atoms with van der Waals surface area (Å²) in [5.74, 6) is 1.73. The number of aromatic amines is 2. The summed E-state index contributed by atoms with van der Waals surface area (Å²) >= 11 is 0.